The Morgan fingerprint density at radius 2 is 2.00 bits per heavy atom. The second-order valence-corrected chi connectivity index (χ2v) is 5.13. The molecule has 0 aromatic rings. The second-order valence-electron chi connectivity index (χ2n) is 5.13. The highest BCUT2D eigenvalue weighted by Gasteiger charge is 2.26. The van der Waals surface area contributed by atoms with Gasteiger partial charge in [-0.05, 0) is 32.1 Å². The highest BCUT2D eigenvalue weighted by molar-refractivity contribution is 5.82. The summed E-state index contributed by atoms with van der Waals surface area (Å²) in [6, 6.07) is -1.02. The zero-order valence-electron chi connectivity index (χ0n) is 11.2. The zero-order chi connectivity index (χ0) is 13.5. The van der Waals surface area contributed by atoms with Gasteiger partial charge in [-0.15, -0.1) is 0 Å². The number of hydrogen-bond acceptors (Lipinski definition) is 2. The summed E-state index contributed by atoms with van der Waals surface area (Å²) in [5.74, 6) is -0.412. The molecular weight excluding hydrogens is 232 g/mol. The standard InChI is InChI=1S/C13H24N2O3/c1-3-4-8-11(12(16)17)15-13(18)14-9(2)10-6-5-7-10/h9-11H,3-8H2,1-2H3,(H,16,17)(H2,14,15,18). The minimum absolute atomic E-state index is 0.124. The molecule has 2 atom stereocenters. The van der Waals surface area contributed by atoms with E-state index in [1.807, 2.05) is 13.8 Å². The van der Waals surface area contributed by atoms with E-state index < -0.39 is 12.0 Å². The molecule has 2 amide bonds. The van der Waals surface area contributed by atoms with Gasteiger partial charge in [0.2, 0.25) is 0 Å². The van der Waals surface area contributed by atoms with Gasteiger partial charge in [0, 0.05) is 6.04 Å². The van der Waals surface area contributed by atoms with E-state index in [1.54, 1.807) is 0 Å². The van der Waals surface area contributed by atoms with Gasteiger partial charge in [0.25, 0.3) is 0 Å². The molecule has 0 saturated heterocycles. The van der Waals surface area contributed by atoms with Crippen molar-refractivity contribution in [2.75, 3.05) is 0 Å². The third kappa shape index (κ3) is 4.55. The minimum atomic E-state index is -0.963. The molecule has 1 saturated carbocycles. The maximum absolute atomic E-state index is 11.7. The van der Waals surface area contributed by atoms with Crippen LogP contribution in [0.15, 0.2) is 0 Å². The molecule has 18 heavy (non-hydrogen) atoms. The summed E-state index contributed by atoms with van der Waals surface area (Å²) in [4.78, 5) is 22.7. The Morgan fingerprint density at radius 3 is 2.44 bits per heavy atom. The Kier molecular flexibility index (Phi) is 5.95. The van der Waals surface area contributed by atoms with E-state index in [9.17, 15) is 9.59 Å². The van der Waals surface area contributed by atoms with Crippen molar-refractivity contribution >= 4 is 12.0 Å². The molecule has 1 aliphatic rings. The number of amides is 2. The van der Waals surface area contributed by atoms with Gasteiger partial charge < -0.3 is 15.7 Å². The highest BCUT2D eigenvalue weighted by Crippen LogP contribution is 2.29. The molecule has 1 aliphatic carbocycles. The average molecular weight is 256 g/mol. The molecule has 5 nitrogen and oxygen atoms in total. The Labute approximate surface area is 108 Å². The van der Waals surface area contributed by atoms with Crippen LogP contribution in [-0.2, 0) is 4.79 Å². The number of aliphatic carboxylic acids is 1. The first-order valence-corrected chi connectivity index (χ1v) is 6.84. The molecule has 0 radical (unpaired) electrons. The predicted molar refractivity (Wildman–Crippen MR) is 69.4 cm³/mol. The number of carbonyl (C=O) groups excluding carboxylic acids is 1. The Balaban J connectivity index is 2.32. The molecule has 0 heterocycles. The fraction of sp³-hybridized carbons (Fsp3) is 0.846. The zero-order valence-corrected chi connectivity index (χ0v) is 11.2. The van der Waals surface area contributed by atoms with Crippen LogP contribution in [0.25, 0.3) is 0 Å². The normalized spacial score (nSPS) is 18.6. The lowest BCUT2D eigenvalue weighted by Crippen LogP contribution is -2.50. The average Bonchev–Trinajstić information content (AvgIpc) is 2.20. The molecular formula is C13H24N2O3. The maximum atomic E-state index is 11.7. The smallest absolute Gasteiger partial charge is 0.326 e. The van der Waals surface area contributed by atoms with Crippen molar-refractivity contribution in [3.63, 3.8) is 0 Å². The molecule has 104 valence electrons. The van der Waals surface area contributed by atoms with E-state index in [2.05, 4.69) is 10.6 Å². The first kappa shape index (κ1) is 14.8. The van der Waals surface area contributed by atoms with Gasteiger partial charge in [0.05, 0.1) is 0 Å². The van der Waals surface area contributed by atoms with E-state index in [4.69, 9.17) is 5.11 Å². The maximum Gasteiger partial charge on any atom is 0.326 e. The molecule has 3 N–H and O–H groups in total. The van der Waals surface area contributed by atoms with Crippen molar-refractivity contribution in [3.05, 3.63) is 0 Å². The van der Waals surface area contributed by atoms with Gasteiger partial charge >= 0.3 is 12.0 Å². The first-order valence-electron chi connectivity index (χ1n) is 6.84. The van der Waals surface area contributed by atoms with Crippen molar-refractivity contribution < 1.29 is 14.7 Å². The van der Waals surface area contributed by atoms with E-state index >= 15 is 0 Å². The summed E-state index contributed by atoms with van der Waals surface area (Å²) in [5, 5.41) is 14.4. The Hall–Kier alpha value is -1.26. The lowest BCUT2D eigenvalue weighted by atomic mass is 9.80. The van der Waals surface area contributed by atoms with Crippen LogP contribution in [0.1, 0.15) is 52.4 Å². The number of carboxylic acids is 1. The van der Waals surface area contributed by atoms with Crippen LogP contribution in [0.4, 0.5) is 4.79 Å². The van der Waals surface area contributed by atoms with Gasteiger partial charge in [0.15, 0.2) is 0 Å². The Morgan fingerprint density at radius 1 is 1.33 bits per heavy atom. The van der Waals surface area contributed by atoms with Crippen LogP contribution < -0.4 is 10.6 Å². The number of urea groups is 1. The van der Waals surface area contributed by atoms with Gasteiger partial charge in [-0.2, -0.15) is 0 Å². The van der Waals surface area contributed by atoms with Gasteiger partial charge in [0.1, 0.15) is 6.04 Å². The van der Waals surface area contributed by atoms with Crippen LogP contribution in [-0.4, -0.2) is 29.2 Å². The highest BCUT2D eigenvalue weighted by atomic mass is 16.4. The number of carboxylic acid groups (broad SMARTS) is 1. The van der Waals surface area contributed by atoms with Crippen molar-refractivity contribution in [1.82, 2.24) is 10.6 Å². The quantitative estimate of drug-likeness (QED) is 0.653. The molecule has 0 aliphatic heterocycles. The number of hydrogen-bond donors (Lipinski definition) is 3. The molecule has 0 bridgehead atoms. The van der Waals surface area contributed by atoms with E-state index in [0.717, 1.165) is 25.7 Å². The fourth-order valence-corrected chi connectivity index (χ4v) is 2.13. The number of rotatable bonds is 7. The summed E-state index contributed by atoms with van der Waals surface area (Å²) in [5.41, 5.74) is 0. The van der Waals surface area contributed by atoms with Crippen LogP contribution in [0, 0.1) is 5.92 Å². The third-order valence-corrected chi connectivity index (χ3v) is 3.67. The molecule has 0 aromatic carbocycles. The molecule has 5 heteroatoms. The van der Waals surface area contributed by atoms with Crippen molar-refractivity contribution in [2.45, 2.75) is 64.5 Å². The van der Waals surface area contributed by atoms with Gasteiger partial charge in [-0.3, -0.25) is 0 Å². The minimum Gasteiger partial charge on any atom is -0.480 e. The summed E-state index contributed by atoms with van der Waals surface area (Å²) in [7, 11) is 0. The summed E-state index contributed by atoms with van der Waals surface area (Å²) < 4.78 is 0. The summed E-state index contributed by atoms with van der Waals surface area (Å²) >= 11 is 0. The SMILES string of the molecule is CCCCC(NC(=O)NC(C)C1CCC1)C(=O)O. The molecule has 2 unspecified atom stereocenters. The molecule has 1 rings (SSSR count). The van der Waals surface area contributed by atoms with Gasteiger partial charge in [-0.1, -0.05) is 26.2 Å². The van der Waals surface area contributed by atoms with Gasteiger partial charge in [-0.25, -0.2) is 9.59 Å². The van der Waals surface area contributed by atoms with E-state index in [0.29, 0.717) is 12.3 Å². The second kappa shape index (κ2) is 7.24. The lowest BCUT2D eigenvalue weighted by Gasteiger charge is -2.32. The fourth-order valence-electron chi connectivity index (χ4n) is 2.13. The van der Waals surface area contributed by atoms with E-state index in [1.165, 1.54) is 6.42 Å². The van der Waals surface area contributed by atoms with Crippen molar-refractivity contribution in [3.8, 4) is 0 Å². The number of nitrogens with one attached hydrogen (secondary N) is 2. The van der Waals surface area contributed by atoms with Crippen LogP contribution in [0.2, 0.25) is 0 Å². The summed E-state index contributed by atoms with van der Waals surface area (Å²) in [6.45, 7) is 3.98. The van der Waals surface area contributed by atoms with Crippen LogP contribution in [0.5, 0.6) is 0 Å². The molecule has 0 aromatic heterocycles. The molecule has 0 spiro atoms. The number of unbranched alkanes of at least 4 members (excludes halogenated alkanes) is 1. The van der Waals surface area contributed by atoms with Crippen LogP contribution >= 0.6 is 0 Å². The largest absolute Gasteiger partial charge is 0.480 e. The van der Waals surface area contributed by atoms with Crippen molar-refractivity contribution in [2.24, 2.45) is 5.92 Å². The monoisotopic (exact) mass is 256 g/mol. The lowest BCUT2D eigenvalue weighted by molar-refractivity contribution is -0.139. The van der Waals surface area contributed by atoms with E-state index in [-0.39, 0.29) is 12.1 Å². The van der Waals surface area contributed by atoms with Crippen molar-refractivity contribution in [1.29, 1.82) is 0 Å². The van der Waals surface area contributed by atoms with Crippen LogP contribution in [0.3, 0.4) is 0 Å². The Bertz CT molecular complexity index is 290. The molecule has 1 fully saturated rings. The predicted octanol–water partition coefficient (Wildman–Crippen LogP) is 2.12. The number of carbonyl (C=O) groups is 2. The topological polar surface area (TPSA) is 78.4 Å². The third-order valence-electron chi connectivity index (χ3n) is 3.67. The first-order chi connectivity index (χ1) is 8.54. The summed E-state index contributed by atoms with van der Waals surface area (Å²) in [6.07, 6.45) is 5.74.